The summed E-state index contributed by atoms with van der Waals surface area (Å²) in [5, 5.41) is 9.09. The molecule has 0 atom stereocenters. The van der Waals surface area contributed by atoms with Crippen LogP contribution in [0, 0.1) is 6.92 Å². The molecule has 0 radical (unpaired) electrons. The maximum absolute atomic E-state index is 12.3. The molecule has 0 aliphatic carbocycles. The fraction of sp³-hybridized carbons (Fsp3) is 0.267. The molecule has 0 fully saturated rings. The molecule has 2 aromatic rings. The number of hydrogen-bond donors (Lipinski definition) is 1. The number of nitrogens with zero attached hydrogens (tertiary/aromatic N) is 3. The predicted octanol–water partition coefficient (Wildman–Crippen LogP) is 1.55. The monoisotopic (exact) mass is 271 g/mol. The van der Waals surface area contributed by atoms with Gasteiger partial charge in [0.15, 0.2) is 0 Å². The van der Waals surface area contributed by atoms with E-state index in [2.05, 4.69) is 9.97 Å². The molecule has 0 saturated heterocycles. The topological polar surface area (TPSA) is 66.3 Å². The minimum Gasteiger partial charge on any atom is -0.392 e. The van der Waals surface area contributed by atoms with Crippen LogP contribution in [0.5, 0.6) is 0 Å². The van der Waals surface area contributed by atoms with E-state index in [-0.39, 0.29) is 12.5 Å². The van der Waals surface area contributed by atoms with Crippen LogP contribution in [0.3, 0.4) is 0 Å². The van der Waals surface area contributed by atoms with Crippen molar-refractivity contribution in [3.63, 3.8) is 0 Å². The highest BCUT2D eigenvalue weighted by atomic mass is 16.3. The van der Waals surface area contributed by atoms with Crippen molar-refractivity contribution in [2.75, 3.05) is 7.05 Å². The van der Waals surface area contributed by atoms with Gasteiger partial charge in [-0.05, 0) is 36.2 Å². The predicted molar refractivity (Wildman–Crippen MR) is 74.9 cm³/mol. The van der Waals surface area contributed by atoms with Gasteiger partial charge < -0.3 is 10.0 Å². The molecule has 2 heterocycles. The van der Waals surface area contributed by atoms with Gasteiger partial charge in [0, 0.05) is 19.4 Å². The summed E-state index contributed by atoms with van der Waals surface area (Å²) < 4.78 is 0. The lowest BCUT2D eigenvalue weighted by Crippen LogP contribution is -2.27. The van der Waals surface area contributed by atoms with E-state index in [1.807, 2.05) is 19.1 Å². The van der Waals surface area contributed by atoms with E-state index in [0.29, 0.717) is 17.8 Å². The number of hydrogen-bond acceptors (Lipinski definition) is 4. The molecule has 1 amide bonds. The highest BCUT2D eigenvalue weighted by molar-refractivity contribution is 5.92. The molecule has 2 aromatic heterocycles. The van der Waals surface area contributed by atoms with Crippen molar-refractivity contribution in [2.24, 2.45) is 0 Å². The number of aryl methyl sites for hydroxylation is 1. The van der Waals surface area contributed by atoms with E-state index in [9.17, 15) is 4.79 Å². The molecule has 5 nitrogen and oxygen atoms in total. The first kappa shape index (κ1) is 14.1. The normalized spacial score (nSPS) is 10.3. The summed E-state index contributed by atoms with van der Waals surface area (Å²) >= 11 is 0. The first-order valence-electron chi connectivity index (χ1n) is 6.33. The van der Waals surface area contributed by atoms with Crippen molar-refractivity contribution in [1.29, 1.82) is 0 Å². The maximum Gasteiger partial charge on any atom is 0.272 e. The van der Waals surface area contributed by atoms with Crippen molar-refractivity contribution in [3.05, 3.63) is 59.2 Å². The third kappa shape index (κ3) is 3.19. The molecular formula is C15H17N3O2. The van der Waals surface area contributed by atoms with Crippen LogP contribution in [0.1, 0.15) is 27.3 Å². The Hall–Kier alpha value is -2.27. The van der Waals surface area contributed by atoms with Crippen LogP contribution in [-0.2, 0) is 13.2 Å². The first-order chi connectivity index (χ1) is 9.61. The van der Waals surface area contributed by atoms with Gasteiger partial charge in [0.2, 0.25) is 0 Å². The third-order valence-electron chi connectivity index (χ3n) is 3.08. The van der Waals surface area contributed by atoms with Gasteiger partial charge in [-0.25, -0.2) is 0 Å². The SMILES string of the molecule is Cc1cccnc1CN(C)C(=O)c1cc(CO)ccn1. The zero-order valence-electron chi connectivity index (χ0n) is 11.6. The molecule has 1 N–H and O–H groups in total. The molecule has 0 bridgehead atoms. The second-order valence-electron chi connectivity index (χ2n) is 4.64. The Labute approximate surface area is 117 Å². The van der Waals surface area contributed by atoms with Crippen LogP contribution < -0.4 is 0 Å². The number of aromatic nitrogens is 2. The van der Waals surface area contributed by atoms with Crippen LogP contribution in [-0.4, -0.2) is 32.9 Å². The lowest BCUT2D eigenvalue weighted by atomic mass is 10.2. The van der Waals surface area contributed by atoms with Crippen molar-refractivity contribution < 1.29 is 9.90 Å². The Morgan fingerprint density at radius 2 is 2.10 bits per heavy atom. The maximum atomic E-state index is 12.3. The van der Waals surface area contributed by atoms with Gasteiger partial charge >= 0.3 is 0 Å². The molecule has 104 valence electrons. The van der Waals surface area contributed by atoms with E-state index < -0.39 is 0 Å². The Morgan fingerprint density at radius 3 is 2.80 bits per heavy atom. The molecule has 20 heavy (non-hydrogen) atoms. The van der Waals surface area contributed by atoms with Gasteiger partial charge in [-0.3, -0.25) is 14.8 Å². The van der Waals surface area contributed by atoms with Gasteiger partial charge in [0.1, 0.15) is 5.69 Å². The summed E-state index contributed by atoms with van der Waals surface area (Å²) in [6, 6.07) is 7.11. The van der Waals surface area contributed by atoms with Gasteiger partial charge in [-0.2, -0.15) is 0 Å². The lowest BCUT2D eigenvalue weighted by Gasteiger charge is -2.17. The van der Waals surface area contributed by atoms with Gasteiger partial charge in [0.05, 0.1) is 18.8 Å². The summed E-state index contributed by atoms with van der Waals surface area (Å²) in [5.41, 5.74) is 2.91. The van der Waals surface area contributed by atoms with Crippen molar-refractivity contribution in [3.8, 4) is 0 Å². The van der Waals surface area contributed by atoms with Crippen molar-refractivity contribution in [2.45, 2.75) is 20.1 Å². The summed E-state index contributed by atoms with van der Waals surface area (Å²) in [7, 11) is 1.71. The highest BCUT2D eigenvalue weighted by Gasteiger charge is 2.15. The van der Waals surface area contributed by atoms with Crippen LogP contribution in [0.15, 0.2) is 36.7 Å². The number of pyridine rings is 2. The van der Waals surface area contributed by atoms with Crippen LogP contribution in [0.2, 0.25) is 0 Å². The molecular weight excluding hydrogens is 254 g/mol. The van der Waals surface area contributed by atoms with Crippen molar-refractivity contribution in [1.82, 2.24) is 14.9 Å². The molecule has 2 rings (SSSR count). The van der Waals surface area contributed by atoms with E-state index in [1.54, 1.807) is 30.3 Å². The molecule has 0 aliphatic heterocycles. The van der Waals surface area contributed by atoms with Gasteiger partial charge in [0.25, 0.3) is 5.91 Å². The molecule has 5 heteroatoms. The second-order valence-corrected chi connectivity index (χ2v) is 4.64. The van der Waals surface area contributed by atoms with Crippen molar-refractivity contribution >= 4 is 5.91 Å². The quantitative estimate of drug-likeness (QED) is 0.916. The Bertz CT molecular complexity index is 614. The number of carbonyl (C=O) groups excluding carboxylic acids is 1. The van der Waals surface area contributed by atoms with E-state index >= 15 is 0 Å². The Balaban J connectivity index is 2.14. The fourth-order valence-electron chi connectivity index (χ4n) is 1.87. The Morgan fingerprint density at radius 1 is 1.30 bits per heavy atom. The molecule has 0 spiro atoms. The minimum atomic E-state index is -0.189. The average molecular weight is 271 g/mol. The fourth-order valence-corrected chi connectivity index (χ4v) is 1.87. The smallest absolute Gasteiger partial charge is 0.272 e. The molecule has 0 aromatic carbocycles. The van der Waals surface area contributed by atoms with Crippen LogP contribution in [0.4, 0.5) is 0 Å². The zero-order valence-corrected chi connectivity index (χ0v) is 11.6. The Kier molecular flexibility index (Phi) is 4.42. The number of carbonyl (C=O) groups is 1. The minimum absolute atomic E-state index is 0.105. The first-order valence-corrected chi connectivity index (χ1v) is 6.33. The highest BCUT2D eigenvalue weighted by Crippen LogP contribution is 2.10. The standard InChI is InChI=1S/C15H17N3O2/c1-11-4-3-6-16-14(11)9-18(2)15(20)13-8-12(10-19)5-7-17-13/h3-8,19H,9-10H2,1-2H3. The van der Waals surface area contributed by atoms with E-state index in [4.69, 9.17) is 5.11 Å². The summed E-state index contributed by atoms with van der Waals surface area (Å²) in [5.74, 6) is -0.189. The number of aliphatic hydroxyl groups is 1. The molecule has 0 unspecified atom stereocenters. The van der Waals surface area contributed by atoms with E-state index in [0.717, 1.165) is 11.3 Å². The zero-order chi connectivity index (χ0) is 14.5. The number of rotatable bonds is 4. The second kappa shape index (κ2) is 6.25. The largest absolute Gasteiger partial charge is 0.392 e. The van der Waals surface area contributed by atoms with E-state index in [1.165, 1.54) is 6.20 Å². The molecule has 0 aliphatic rings. The lowest BCUT2D eigenvalue weighted by molar-refractivity contribution is 0.0777. The summed E-state index contributed by atoms with van der Waals surface area (Å²) in [6.45, 7) is 2.29. The third-order valence-corrected chi connectivity index (χ3v) is 3.08. The van der Waals surface area contributed by atoms with Crippen LogP contribution in [0.25, 0.3) is 0 Å². The number of amides is 1. The van der Waals surface area contributed by atoms with Gasteiger partial charge in [-0.1, -0.05) is 6.07 Å². The molecule has 0 saturated carbocycles. The average Bonchev–Trinajstić information content (AvgIpc) is 2.48. The van der Waals surface area contributed by atoms with Crippen LogP contribution >= 0.6 is 0 Å². The number of aliphatic hydroxyl groups excluding tert-OH is 1. The van der Waals surface area contributed by atoms with Gasteiger partial charge in [-0.15, -0.1) is 0 Å². The summed E-state index contributed by atoms with van der Waals surface area (Å²) in [6.07, 6.45) is 3.24. The summed E-state index contributed by atoms with van der Waals surface area (Å²) in [4.78, 5) is 22.2.